The van der Waals surface area contributed by atoms with Gasteiger partial charge in [-0.1, -0.05) is 19.3 Å². The van der Waals surface area contributed by atoms with Crippen LogP contribution < -0.4 is 0 Å². The van der Waals surface area contributed by atoms with Crippen molar-refractivity contribution in [2.24, 2.45) is 0 Å². The first-order valence-electron chi connectivity index (χ1n) is 8.33. The van der Waals surface area contributed by atoms with Gasteiger partial charge in [0, 0.05) is 32.0 Å². The summed E-state index contributed by atoms with van der Waals surface area (Å²) in [5, 5.41) is 0. The smallest absolute Gasteiger partial charge is 0.248 e. The van der Waals surface area contributed by atoms with Gasteiger partial charge in [-0.25, -0.2) is 4.98 Å². The minimum Gasteiger partial charge on any atom is -0.368 e. The predicted molar refractivity (Wildman–Crippen MR) is 83.4 cm³/mol. The second-order valence-electron chi connectivity index (χ2n) is 6.38. The Morgan fingerprint density at radius 3 is 2.91 bits per heavy atom. The maximum absolute atomic E-state index is 12.4. The average Bonchev–Trinajstić information content (AvgIpc) is 3.08. The Bertz CT molecular complexity index is 471. The van der Waals surface area contributed by atoms with Gasteiger partial charge >= 0.3 is 0 Å². The molecule has 1 saturated carbocycles. The molecule has 6 heteroatoms. The molecule has 0 spiro atoms. The summed E-state index contributed by atoms with van der Waals surface area (Å²) in [5.74, 6) is 1.03. The maximum atomic E-state index is 12.4. The third kappa shape index (κ3) is 3.67. The normalized spacial score (nSPS) is 24.6. The molecule has 1 amide bonds. The van der Waals surface area contributed by atoms with Crippen molar-refractivity contribution in [3.05, 3.63) is 18.2 Å². The lowest BCUT2D eigenvalue weighted by Crippen LogP contribution is -2.50. The van der Waals surface area contributed by atoms with E-state index in [0.29, 0.717) is 6.54 Å². The number of aromatic amines is 1. The lowest BCUT2D eigenvalue weighted by Gasteiger charge is -2.38. The van der Waals surface area contributed by atoms with Gasteiger partial charge in [-0.2, -0.15) is 0 Å². The van der Waals surface area contributed by atoms with Crippen LogP contribution in [0.2, 0.25) is 0 Å². The first-order valence-corrected chi connectivity index (χ1v) is 8.33. The topological polar surface area (TPSA) is 61.5 Å². The number of nitrogens with one attached hydrogen (secondary N) is 1. The molecule has 1 aromatic rings. The number of aromatic nitrogens is 2. The van der Waals surface area contributed by atoms with Gasteiger partial charge in [0.1, 0.15) is 12.4 Å². The van der Waals surface area contributed by atoms with E-state index in [1.165, 1.54) is 19.3 Å². The third-order valence-corrected chi connectivity index (χ3v) is 4.83. The number of H-pyrrole nitrogens is 1. The summed E-state index contributed by atoms with van der Waals surface area (Å²) in [7, 11) is 2.08. The molecule has 1 saturated heterocycles. The molecule has 3 rings (SSSR count). The Morgan fingerprint density at radius 2 is 2.18 bits per heavy atom. The van der Waals surface area contributed by atoms with E-state index in [0.717, 1.165) is 31.8 Å². The SMILES string of the molecule is CN1CCN(C(=O)COC2CCCCC2)C[C@H]1c1ncc[nH]1. The van der Waals surface area contributed by atoms with E-state index in [2.05, 4.69) is 21.9 Å². The Kier molecular flexibility index (Phi) is 5.10. The van der Waals surface area contributed by atoms with Crippen molar-refractivity contribution in [3.63, 3.8) is 0 Å². The molecule has 22 heavy (non-hydrogen) atoms. The molecule has 1 atom stereocenters. The monoisotopic (exact) mass is 306 g/mol. The van der Waals surface area contributed by atoms with Gasteiger partial charge in [0.05, 0.1) is 12.1 Å². The molecule has 2 heterocycles. The minimum absolute atomic E-state index is 0.107. The van der Waals surface area contributed by atoms with Gasteiger partial charge in [-0.05, 0) is 19.9 Å². The first kappa shape index (κ1) is 15.5. The Morgan fingerprint density at radius 1 is 1.36 bits per heavy atom. The number of imidazole rings is 1. The van der Waals surface area contributed by atoms with E-state index in [9.17, 15) is 4.79 Å². The average molecular weight is 306 g/mol. The zero-order valence-corrected chi connectivity index (χ0v) is 13.3. The molecule has 2 fully saturated rings. The molecule has 0 bridgehead atoms. The molecule has 6 nitrogen and oxygen atoms in total. The number of hydrogen-bond donors (Lipinski definition) is 1. The van der Waals surface area contributed by atoms with Crippen LogP contribution in [-0.4, -0.2) is 65.1 Å². The van der Waals surface area contributed by atoms with Crippen LogP contribution in [0.3, 0.4) is 0 Å². The molecule has 0 radical (unpaired) electrons. The summed E-state index contributed by atoms with van der Waals surface area (Å²) < 4.78 is 5.82. The van der Waals surface area contributed by atoms with E-state index in [1.807, 2.05) is 11.1 Å². The van der Waals surface area contributed by atoms with Gasteiger partial charge in [-0.3, -0.25) is 9.69 Å². The number of hydrogen-bond acceptors (Lipinski definition) is 4. The molecule has 1 N–H and O–H groups in total. The molecule has 1 aliphatic carbocycles. The molecular weight excluding hydrogens is 280 g/mol. The zero-order valence-electron chi connectivity index (χ0n) is 13.3. The van der Waals surface area contributed by atoms with Crippen molar-refractivity contribution in [1.82, 2.24) is 19.8 Å². The van der Waals surface area contributed by atoms with Crippen LogP contribution in [0.25, 0.3) is 0 Å². The summed E-state index contributed by atoms with van der Waals surface area (Å²) in [6, 6.07) is 0.141. The van der Waals surface area contributed by atoms with Crippen LogP contribution in [-0.2, 0) is 9.53 Å². The van der Waals surface area contributed by atoms with Crippen LogP contribution in [0.15, 0.2) is 12.4 Å². The second kappa shape index (κ2) is 7.24. The fraction of sp³-hybridized carbons (Fsp3) is 0.750. The molecule has 2 aliphatic rings. The van der Waals surface area contributed by atoms with E-state index in [1.54, 1.807) is 6.20 Å². The lowest BCUT2D eigenvalue weighted by molar-refractivity contribution is -0.141. The van der Waals surface area contributed by atoms with Crippen LogP contribution in [0.5, 0.6) is 0 Å². The molecule has 0 aromatic carbocycles. The van der Waals surface area contributed by atoms with Crippen molar-refractivity contribution in [3.8, 4) is 0 Å². The highest BCUT2D eigenvalue weighted by molar-refractivity contribution is 5.77. The Labute approximate surface area is 131 Å². The van der Waals surface area contributed by atoms with Crippen LogP contribution >= 0.6 is 0 Å². The van der Waals surface area contributed by atoms with E-state index >= 15 is 0 Å². The number of amides is 1. The molecule has 122 valence electrons. The summed E-state index contributed by atoms with van der Waals surface area (Å²) >= 11 is 0. The van der Waals surface area contributed by atoms with Gasteiger partial charge in [-0.15, -0.1) is 0 Å². The fourth-order valence-corrected chi connectivity index (χ4v) is 3.37. The second-order valence-corrected chi connectivity index (χ2v) is 6.38. The van der Waals surface area contributed by atoms with Crippen molar-refractivity contribution < 1.29 is 9.53 Å². The minimum atomic E-state index is 0.107. The highest BCUT2D eigenvalue weighted by Crippen LogP contribution is 2.22. The number of rotatable bonds is 4. The Balaban J connectivity index is 1.51. The van der Waals surface area contributed by atoms with Crippen molar-refractivity contribution >= 4 is 5.91 Å². The van der Waals surface area contributed by atoms with E-state index in [4.69, 9.17) is 4.74 Å². The predicted octanol–water partition coefficient (Wildman–Crippen LogP) is 1.57. The van der Waals surface area contributed by atoms with E-state index in [-0.39, 0.29) is 24.7 Å². The first-order chi connectivity index (χ1) is 10.7. The van der Waals surface area contributed by atoms with Crippen LogP contribution in [0.4, 0.5) is 0 Å². The van der Waals surface area contributed by atoms with E-state index < -0.39 is 0 Å². The molecule has 0 unspecified atom stereocenters. The molecule has 1 aromatic heterocycles. The lowest BCUT2D eigenvalue weighted by atomic mass is 9.98. The molecular formula is C16H26N4O2. The number of ether oxygens (including phenoxy) is 1. The van der Waals surface area contributed by atoms with Crippen LogP contribution in [0.1, 0.15) is 44.0 Å². The number of likely N-dealkylation sites (N-methyl/N-ethyl adjacent to an activating group) is 1. The Hall–Kier alpha value is -1.40. The van der Waals surface area contributed by atoms with Gasteiger partial charge in [0.2, 0.25) is 5.91 Å². The summed E-state index contributed by atoms with van der Waals surface area (Å²) in [5.41, 5.74) is 0. The quantitative estimate of drug-likeness (QED) is 0.917. The van der Waals surface area contributed by atoms with Crippen molar-refractivity contribution in [2.75, 3.05) is 33.3 Å². The van der Waals surface area contributed by atoms with Gasteiger partial charge < -0.3 is 14.6 Å². The van der Waals surface area contributed by atoms with Crippen molar-refractivity contribution in [2.45, 2.75) is 44.2 Å². The zero-order chi connectivity index (χ0) is 15.4. The summed E-state index contributed by atoms with van der Waals surface area (Å²) in [4.78, 5) is 24.1. The highest BCUT2D eigenvalue weighted by Gasteiger charge is 2.30. The molecule has 1 aliphatic heterocycles. The number of carbonyl (C=O) groups excluding carboxylic acids is 1. The number of piperazine rings is 1. The maximum Gasteiger partial charge on any atom is 0.248 e. The third-order valence-electron chi connectivity index (χ3n) is 4.83. The van der Waals surface area contributed by atoms with Gasteiger partial charge in [0.25, 0.3) is 0 Å². The summed E-state index contributed by atoms with van der Waals surface area (Å²) in [6.45, 7) is 2.53. The van der Waals surface area contributed by atoms with Gasteiger partial charge in [0.15, 0.2) is 0 Å². The standard InChI is InChI=1S/C16H26N4O2/c1-19-9-10-20(11-14(19)16-17-7-8-18-16)15(21)12-22-13-5-3-2-4-6-13/h7-8,13-14H,2-6,9-12H2,1H3,(H,17,18)/t14-/m0/s1. The largest absolute Gasteiger partial charge is 0.368 e. The fourth-order valence-electron chi connectivity index (χ4n) is 3.37. The summed E-state index contributed by atoms with van der Waals surface area (Å²) in [6.07, 6.45) is 9.84. The number of carbonyl (C=O) groups is 1. The van der Waals surface area contributed by atoms with Crippen LogP contribution in [0, 0.1) is 0 Å². The van der Waals surface area contributed by atoms with Crippen molar-refractivity contribution in [1.29, 1.82) is 0 Å². The number of nitrogens with zero attached hydrogens (tertiary/aromatic N) is 3. The highest BCUT2D eigenvalue weighted by atomic mass is 16.5.